The maximum atomic E-state index is 12.8. The lowest BCUT2D eigenvalue weighted by Gasteiger charge is -2.37. The molecular weight excluding hydrogens is 374 g/mol. The van der Waals surface area contributed by atoms with E-state index in [-0.39, 0.29) is 42.3 Å². The van der Waals surface area contributed by atoms with Crippen LogP contribution in [0.4, 0.5) is 0 Å². The van der Waals surface area contributed by atoms with Crippen LogP contribution in [0.2, 0.25) is 0 Å². The van der Waals surface area contributed by atoms with E-state index in [1.807, 2.05) is 4.90 Å². The lowest BCUT2D eigenvalue weighted by molar-refractivity contribution is -0.195. The maximum Gasteiger partial charge on any atom is 0.322 e. The fourth-order valence-corrected chi connectivity index (χ4v) is 4.52. The third-order valence-electron chi connectivity index (χ3n) is 6.15. The van der Waals surface area contributed by atoms with Gasteiger partial charge in [-0.25, -0.2) is 0 Å². The molecule has 9 heteroatoms. The van der Waals surface area contributed by atoms with Crippen LogP contribution in [0.1, 0.15) is 45.4 Å². The molecule has 2 saturated heterocycles. The van der Waals surface area contributed by atoms with Crippen molar-refractivity contribution in [2.75, 3.05) is 39.3 Å². The number of nitriles is 1. The maximum absolute atomic E-state index is 12.8. The van der Waals surface area contributed by atoms with Gasteiger partial charge in [-0.2, -0.15) is 5.26 Å². The fourth-order valence-electron chi connectivity index (χ4n) is 4.52. The van der Waals surface area contributed by atoms with Crippen molar-refractivity contribution < 1.29 is 19.2 Å². The molecule has 0 aromatic rings. The molecule has 2 amide bonds. The van der Waals surface area contributed by atoms with Gasteiger partial charge in [0, 0.05) is 38.5 Å². The summed E-state index contributed by atoms with van der Waals surface area (Å²) in [6, 6.07) is 2.17. The average molecular weight is 405 g/mol. The topological polar surface area (TPSA) is 106 Å². The van der Waals surface area contributed by atoms with E-state index in [4.69, 9.17) is 10.1 Å². The Balaban J connectivity index is 1.36. The number of likely N-dealkylation sites (tertiary alicyclic amines) is 1. The molecule has 1 N–H and O–H groups in total. The van der Waals surface area contributed by atoms with E-state index in [1.54, 1.807) is 9.96 Å². The van der Waals surface area contributed by atoms with Crippen LogP contribution in [0.5, 0.6) is 0 Å². The van der Waals surface area contributed by atoms with Crippen LogP contribution in [0.15, 0.2) is 0 Å². The lowest BCUT2D eigenvalue weighted by Crippen LogP contribution is -2.51. The molecule has 2 heterocycles. The van der Waals surface area contributed by atoms with Crippen LogP contribution in [0, 0.1) is 17.2 Å². The molecule has 160 valence electrons. The molecule has 0 spiro atoms. The first-order valence-electron chi connectivity index (χ1n) is 10.6. The third-order valence-corrected chi connectivity index (χ3v) is 6.15. The lowest BCUT2D eigenvalue weighted by atomic mass is 9.85. The van der Waals surface area contributed by atoms with Gasteiger partial charge in [-0.15, -0.1) is 5.06 Å². The summed E-state index contributed by atoms with van der Waals surface area (Å²) in [4.78, 5) is 44.8. The second-order valence-corrected chi connectivity index (χ2v) is 8.14. The summed E-state index contributed by atoms with van der Waals surface area (Å²) in [5, 5.41) is 14.1. The summed E-state index contributed by atoms with van der Waals surface area (Å²) in [7, 11) is 0. The van der Waals surface area contributed by atoms with Crippen molar-refractivity contribution in [2.24, 2.45) is 5.92 Å². The van der Waals surface area contributed by atoms with Crippen molar-refractivity contribution in [1.82, 2.24) is 20.2 Å². The minimum absolute atomic E-state index is 0.00194. The number of amides is 2. The number of nitrogens with zero attached hydrogens (tertiary/aromatic N) is 4. The van der Waals surface area contributed by atoms with Crippen molar-refractivity contribution >= 4 is 17.8 Å². The SMILES string of the molecule is CC(=O)ON1CCN(C(=O)C2CCC(NCC(=O)N3CCC[C@H]3C#N)CC2)CC1. The van der Waals surface area contributed by atoms with Gasteiger partial charge in [-0.1, -0.05) is 0 Å². The first-order chi connectivity index (χ1) is 14.0. The van der Waals surface area contributed by atoms with Gasteiger partial charge in [0.15, 0.2) is 0 Å². The number of hydrogen-bond donors (Lipinski definition) is 1. The predicted molar refractivity (Wildman–Crippen MR) is 104 cm³/mol. The molecule has 3 fully saturated rings. The van der Waals surface area contributed by atoms with Crippen molar-refractivity contribution in [1.29, 1.82) is 5.26 Å². The zero-order valence-electron chi connectivity index (χ0n) is 17.1. The minimum Gasteiger partial charge on any atom is -0.368 e. The molecule has 1 aliphatic carbocycles. The molecule has 0 radical (unpaired) electrons. The Morgan fingerprint density at radius 3 is 2.34 bits per heavy atom. The second-order valence-electron chi connectivity index (χ2n) is 8.14. The molecule has 3 aliphatic rings. The minimum atomic E-state index is -0.332. The average Bonchev–Trinajstić information content (AvgIpc) is 3.21. The van der Waals surface area contributed by atoms with Gasteiger partial charge in [0.05, 0.1) is 25.7 Å². The summed E-state index contributed by atoms with van der Waals surface area (Å²) in [6.07, 6.45) is 5.05. The molecule has 0 bridgehead atoms. The van der Waals surface area contributed by atoms with E-state index in [2.05, 4.69) is 11.4 Å². The molecule has 1 saturated carbocycles. The quantitative estimate of drug-likeness (QED) is 0.700. The largest absolute Gasteiger partial charge is 0.368 e. The number of rotatable bonds is 5. The van der Waals surface area contributed by atoms with Gasteiger partial charge in [0.1, 0.15) is 6.04 Å². The molecule has 1 atom stereocenters. The number of piperazine rings is 1. The van der Waals surface area contributed by atoms with Crippen LogP contribution in [-0.2, 0) is 19.2 Å². The highest BCUT2D eigenvalue weighted by Gasteiger charge is 2.32. The zero-order chi connectivity index (χ0) is 20.8. The molecule has 0 aromatic carbocycles. The van der Waals surface area contributed by atoms with Gasteiger partial charge in [0.25, 0.3) is 0 Å². The summed E-state index contributed by atoms with van der Waals surface area (Å²) < 4.78 is 0. The summed E-state index contributed by atoms with van der Waals surface area (Å²) >= 11 is 0. The predicted octanol–water partition coefficient (Wildman–Crippen LogP) is 0.272. The van der Waals surface area contributed by atoms with Gasteiger partial charge in [-0.05, 0) is 38.5 Å². The molecule has 9 nitrogen and oxygen atoms in total. The van der Waals surface area contributed by atoms with Crippen molar-refractivity contribution in [3.8, 4) is 6.07 Å². The Labute approximate surface area is 171 Å². The fraction of sp³-hybridized carbons (Fsp3) is 0.800. The molecule has 0 aromatic heterocycles. The smallest absolute Gasteiger partial charge is 0.322 e. The highest BCUT2D eigenvalue weighted by molar-refractivity contribution is 5.80. The van der Waals surface area contributed by atoms with Gasteiger partial charge in [0.2, 0.25) is 11.8 Å². The second kappa shape index (κ2) is 10.0. The molecule has 3 rings (SSSR count). The number of carbonyl (C=O) groups is 3. The van der Waals surface area contributed by atoms with E-state index in [1.165, 1.54) is 6.92 Å². The molecule has 0 unspecified atom stereocenters. The Bertz CT molecular complexity index is 648. The van der Waals surface area contributed by atoms with E-state index in [0.717, 1.165) is 38.5 Å². The van der Waals surface area contributed by atoms with Crippen LogP contribution in [0.25, 0.3) is 0 Å². The first-order valence-corrected chi connectivity index (χ1v) is 10.6. The number of hydrogen-bond acceptors (Lipinski definition) is 7. The molecular formula is C20H31N5O4. The van der Waals surface area contributed by atoms with E-state index >= 15 is 0 Å². The van der Waals surface area contributed by atoms with Gasteiger partial charge < -0.3 is 20.0 Å². The monoisotopic (exact) mass is 405 g/mol. The van der Waals surface area contributed by atoms with Crippen molar-refractivity contribution in [3.05, 3.63) is 0 Å². The Morgan fingerprint density at radius 2 is 1.72 bits per heavy atom. The van der Waals surface area contributed by atoms with Crippen LogP contribution >= 0.6 is 0 Å². The van der Waals surface area contributed by atoms with Crippen LogP contribution < -0.4 is 5.32 Å². The summed E-state index contributed by atoms with van der Waals surface area (Å²) in [5.41, 5.74) is 0. The Morgan fingerprint density at radius 1 is 1.03 bits per heavy atom. The van der Waals surface area contributed by atoms with Crippen LogP contribution in [0.3, 0.4) is 0 Å². The highest BCUT2D eigenvalue weighted by atomic mass is 16.7. The Kier molecular flexibility index (Phi) is 7.45. The standard InChI is InChI=1S/C20H31N5O4/c1-15(26)29-24-11-9-23(10-12-24)20(28)16-4-6-17(7-5-16)22-14-19(27)25-8-2-3-18(25)13-21/h16-18,22H,2-12,14H2,1H3/t16?,17?,18-/m0/s1. The number of carbonyl (C=O) groups excluding carboxylic acids is 3. The number of hydroxylamine groups is 2. The van der Waals surface area contributed by atoms with Gasteiger partial charge in [-0.3, -0.25) is 14.4 Å². The first kappa shape index (κ1) is 21.5. The number of nitrogens with one attached hydrogen (secondary N) is 1. The van der Waals surface area contributed by atoms with E-state index < -0.39 is 0 Å². The molecule has 2 aliphatic heterocycles. The van der Waals surface area contributed by atoms with E-state index in [9.17, 15) is 14.4 Å². The molecule has 29 heavy (non-hydrogen) atoms. The van der Waals surface area contributed by atoms with E-state index in [0.29, 0.717) is 32.7 Å². The summed E-state index contributed by atoms with van der Waals surface area (Å²) in [5.74, 6) is -0.110. The highest BCUT2D eigenvalue weighted by Crippen LogP contribution is 2.26. The normalized spacial score (nSPS) is 28.1. The van der Waals surface area contributed by atoms with Crippen LogP contribution in [-0.4, -0.2) is 84.0 Å². The summed E-state index contributed by atoms with van der Waals surface area (Å²) in [6.45, 7) is 4.56. The zero-order valence-corrected chi connectivity index (χ0v) is 17.1. The Hall–Kier alpha value is -2.18. The van der Waals surface area contributed by atoms with Crippen molar-refractivity contribution in [3.63, 3.8) is 0 Å². The van der Waals surface area contributed by atoms with Crippen molar-refractivity contribution in [2.45, 2.75) is 57.5 Å². The third kappa shape index (κ3) is 5.67. The van der Waals surface area contributed by atoms with Gasteiger partial charge >= 0.3 is 5.97 Å².